The lowest BCUT2D eigenvalue weighted by Crippen LogP contribution is -2.40. The van der Waals surface area contributed by atoms with Crippen molar-refractivity contribution in [3.63, 3.8) is 0 Å². The van der Waals surface area contributed by atoms with E-state index in [-0.39, 0.29) is 12.6 Å². The molecule has 0 aliphatic carbocycles. The van der Waals surface area contributed by atoms with Crippen molar-refractivity contribution in [3.05, 3.63) is 18.7 Å². The Labute approximate surface area is 105 Å². The van der Waals surface area contributed by atoms with E-state index in [1.807, 2.05) is 10.8 Å². The van der Waals surface area contributed by atoms with Crippen molar-refractivity contribution in [2.24, 2.45) is 0 Å². The molecule has 18 heavy (non-hydrogen) atoms. The molecular formula is C11H18N4O3. The zero-order valence-corrected chi connectivity index (χ0v) is 10.4. The van der Waals surface area contributed by atoms with Gasteiger partial charge in [0.15, 0.2) is 0 Å². The van der Waals surface area contributed by atoms with Crippen LogP contribution in [0.15, 0.2) is 18.7 Å². The molecule has 0 unspecified atom stereocenters. The number of aromatic nitrogens is 2. The first-order valence-electron chi connectivity index (χ1n) is 5.76. The van der Waals surface area contributed by atoms with Crippen LogP contribution in [0.25, 0.3) is 0 Å². The summed E-state index contributed by atoms with van der Waals surface area (Å²) in [6, 6.07) is -0.361. The molecule has 0 radical (unpaired) electrons. The number of nitrogens with zero attached hydrogens (tertiary/aromatic N) is 3. The van der Waals surface area contributed by atoms with E-state index in [1.165, 1.54) is 7.05 Å². The molecule has 2 amide bonds. The van der Waals surface area contributed by atoms with Crippen LogP contribution in [0.1, 0.15) is 12.8 Å². The smallest absolute Gasteiger partial charge is 0.323 e. The van der Waals surface area contributed by atoms with Crippen molar-refractivity contribution in [2.75, 3.05) is 20.1 Å². The summed E-state index contributed by atoms with van der Waals surface area (Å²) in [6.07, 6.45) is 7.13. The maximum absolute atomic E-state index is 11.4. The zero-order valence-electron chi connectivity index (χ0n) is 10.4. The number of hydrogen-bond acceptors (Lipinski definition) is 3. The molecule has 1 aromatic rings. The van der Waals surface area contributed by atoms with Crippen LogP contribution >= 0.6 is 0 Å². The van der Waals surface area contributed by atoms with Crippen molar-refractivity contribution in [2.45, 2.75) is 19.4 Å². The molecule has 0 fully saturated rings. The maximum atomic E-state index is 11.4. The number of carbonyl (C=O) groups excluding carboxylic acids is 1. The first kappa shape index (κ1) is 14.0. The van der Waals surface area contributed by atoms with Crippen LogP contribution in [0.2, 0.25) is 0 Å². The summed E-state index contributed by atoms with van der Waals surface area (Å²) in [6.45, 7) is 1.11. The predicted octanol–water partition coefficient (Wildman–Crippen LogP) is 0.389. The summed E-state index contributed by atoms with van der Waals surface area (Å²) in [7, 11) is 1.45. The molecule has 0 saturated carbocycles. The molecule has 0 saturated heterocycles. The second-order valence-electron chi connectivity index (χ2n) is 3.99. The van der Waals surface area contributed by atoms with Gasteiger partial charge in [0.1, 0.15) is 6.54 Å². The van der Waals surface area contributed by atoms with Crippen molar-refractivity contribution < 1.29 is 14.7 Å². The molecule has 0 bridgehead atoms. The Morgan fingerprint density at radius 2 is 2.22 bits per heavy atom. The van der Waals surface area contributed by atoms with Crippen LogP contribution in [0, 0.1) is 0 Å². The number of rotatable bonds is 7. The minimum Gasteiger partial charge on any atom is -0.480 e. The number of urea groups is 1. The Kier molecular flexibility index (Phi) is 5.69. The molecule has 1 aromatic heterocycles. The van der Waals surface area contributed by atoms with Gasteiger partial charge >= 0.3 is 12.0 Å². The van der Waals surface area contributed by atoms with E-state index >= 15 is 0 Å². The molecule has 0 spiro atoms. The highest BCUT2D eigenvalue weighted by molar-refractivity contribution is 5.79. The third-order valence-electron chi connectivity index (χ3n) is 2.40. The first-order valence-corrected chi connectivity index (χ1v) is 5.76. The highest BCUT2D eigenvalue weighted by Gasteiger charge is 2.10. The summed E-state index contributed by atoms with van der Waals surface area (Å²) in [5, 5.41) is 11.2. The van der Waals surface area contributed by atoms with Crippen LogP contribution in [-0.4, -0.2) is 51.7 Å². The fraction of sp³-hybridized carbons (Fsp3) is 0.545. The van der Waals surface area contributed by atoms with Gasteiger partial charge in [-0.25, -0.2) is 9.78 Å². The first-order chi connectivity index (χ1) is 8.59. The Balaban J connectivity index is 2.06. The molecule has 1 rings (SSSR count). The third-order valence-corrected chi connectivity index (χ3v) is 2.40. The van der Waals surface area contributed by atoms with E-state index in [0.717, 1.165) is 24.3 Å². The number of amides is 2. The quantitative estimate of drug-likeness (QED) is 0.689. The lowest BCUT2D eigenvalue weighted by Gasteiger charge is -2.15. The van der Waals surface area contributed by atoms with E-state index < -0.39 is 5.97 Å². The normalized spacial score (nSPS) is 10.1. The number of imidazole rings is 1. The van der Waals surface area contributed by atoms with Gasteiger partial charge in [0.25, 0.3) is 0 Å². The number of carboxylic acids is 1. The van der Waals surface area contributed by atoms with Crippen LogP contribution in [-0.2, 0) is 11.3 Å². The van der Waals surface area contributed by atoms with Gasteiger partial charge in [-0.15, -0.1) is 0 Å². The minimum absolute atomic E-state index is 0.291. The van der Waals surface area contributed by atoms with Crippen LogP contribution in [0.5, 0.6) is 0 Å². The van der Waals surface area contributed by atoms with Gasteiger partial charge in [0.2, 0.25) is 0 Å². The topological polar surface area (TPSA) is 87.5 Å². The van der Waals surface area contributed by atoms with E-state index in [0.29, 0.717) is 6.54 Å². The Hall–Kier alpha value is -2.05. The van der Waals surface area contributed by atoms with E-state index in [4.69, 9.17) is 5.11 Å². The van der Waals surface area contributed by atoms with Gasteiger partial charge in [0, 0.05) is 32.5 Å². The summed E-state index contributed by atoms with van der Waals surface area (Å²) >= 11 is 0. The van der Waals surface area contributed by atoms with Crippen molar-refractivity contribution in [3.8, 4) is 0 Å². The monoisotopic (exact) mass is 254 g/mol. The third kappa shape index (κ3) is 5.33. The average Bonchev–Trinajstić information content (AvgIpc) is 2.80. The molecule has 100 valence electrons. The average molecular weight is 254 g/mol. The van der Waals surface area contributed by atoms with E-state index in [2.05, 4.69) is 10.3 Å². The number of hydrogen-bond donors (Lipinski definition) is 2. The molecule has 0 aromatic carbocycles. The highest BCUT2D eigenvalue weighted by atomic mass is 16.4. The summed E-state index contributed by atoms with van der Waals surface area (Å²) in [4.78, 5) is 26.9. The summed E-state index contributed by atoms with van der Waals surface area (Å²) in [5.74, 6) is -1.02. The number of nitrogens with one attached hydrogen (secondary N) is 1. The number of carboxylic acid groups (broad SMARTS) is 1. The van der Waals surface area contributed by atoms with Gasteiger partial charge in [-0.05, 0) is 12.8 Å². The summed E-state index contributed by atoms with van der Waals surface area (Å²) in [5.41, 5.74) is 0. The molecule has 7 heteroatoms. The summed E-state index contributed by atoms with van der Waals surface area (Å²) < 4.78 is 1.97. The van der Waals surface area contributed by atoms with Gasteiger partial charge in [-0.3, -0.25) is 4.79 Å². The number of carbonyl (C=O) groups is 2. The van der Waals surface area contributed by atoms with Gasteiger partial charge in [0.05, 0.1) is 6.33 Å². The largest absolute Gasteiger partial charge is 0.480 e. The molecule has 0 aliphatic heterocycles. The fourth-order valence-electron chi connectivity index (χ4n) is 1.44. The van der Waals surface area contributed by atoms with Gasteiger partial charge < -0.3 is 19.9 Å². The van der Waals surface area contributed by atoms with Gasteiger partial charge in [-0.2, -0.15) is 0 Å². The van der Waals surface area contributed by atoms with Crippen molar-refractivity contribution in [1.29, 1.82) is 0 Å². The molecule has 0 aliphatic rings. The SMILES string of the molecule is CN(CC(=O)O)C(=O)NCCCCn1ccnc1. The van der Waals surface area contributed by atoms with E-state index in [1.54, 1.807) is 12.5 Å². The number of aryl methyl sites for hydroxylation is 1. The number of unbranched alkanes of at least 4 members (excludes halogenated alkanes) is 1. The number of likely N-dealkylation sites (N-methyl/N-ethyl adjacent to an activating group) is 1. The molecule has 2 N–H and O–H groups in total. The minimum atomic E-state index is -1.02. The highest BCUT2D eigenvalue weighted by Crippen LogP contribution is 1.94. The predicted molar refractivity (Wildman–Crippen MR) is 65.1 cm³/mol. The molecule has 7 nitrogen and oxygen atoms in total. The van der Waals surface area contributed by atoms with Crippen molar-refractivity contribution in [1.82, 2.24) is 19.8 Å². The standard InChI is InChI=1S/C11H18N4O3/c1-14(8-10(16)17)11(18)13-4-2-3-6-15-7-5-12-9-15/h5,7,9H,2-4,6,8H2,1H3,(H,13,18)(H,16,17). The number of aliphatic carboxylic acids is 1. The van der Waals surface area contributed by atoms with Crippen molar-refractivity contribution >= 4 is 12.0 Å². The van der Waals surface area contributed by atoms with Crippen LogP contribution in [0.3, 0.4) is 0 Å². The van der Waals surface area contributed by atoms with Crippen LogP contribution in [0.4, 0.5) is 4.79 Å². The molecule has 0 atom stereocenters. The maximum Gasteiger partial charge on any atom is 0.323 e. The van der Waals surface area contributed by atoms with Crippen LogP contribution < -0.4 is 5.32 Å². The fourth-order valence-corrected chi connectivity index (χ4v) is 1.44. The lowest BCUT2D eigenvalue weighted by atomic mass is 10.3. The Bertz CT molecular complexity index is 378. The Morgan fingerprint density at radius 3 is 2.83 bits per heavy atom. The molecular weight excluding hydrogens is 236 g/mol. The Morgan fingerprint density at radius 1 is 1.44 bits per heavy atom. The molecule has 1 heterocycles. The van der Waals surface area contributed by atoms with E-state index in [9.17, 15) is 9.59 Å². The zero-order chi connectivity index (χ0) is 13.4. The second-order valence-corrected chi connectivity index (χ2v) is 3.99. The second kappa shape index (κ2) is 7.31. The van der Waals surface area contributed by atoms with Gasteiger partial charge in [-0.1, -0.05) is 0 Å². The lowest BCUT2D eigenvalue weighted by molar-refractivity contribution is -0.137.